The van der Waals surface area contributed by atoms with Crippen LogP contribution in [0.5, 0.6) is 5.75 Å². The first-order valence-electron chi connectivity index (χ1n) is 7.62. The van der Waals surface area contributed by atoms with E-state index in [4.69, 9.17) is 4.74 Å². The lowest BCUT2D eigenvalue weighted by molar-refractivity contribution is -0.139. The number of halogens is 1. The number of aromatic hydroxyl groups is 1. The standard InChI is InChI=1S/C19H16FNO4/c1-11-15(10-18(23)25-2)16-9-14(22)7-8-17(16)21(11)19(24)12-3-5-13(20)6-4-12/h3-9,22H,10H2,1-2H3. The average Bonchev–Trinajstić information content (AvgIpc) is 2.86. The Balaban J connectivity index is 2.21. The Bertz CT molecular complexity index is 973. The molecule has 0 bridgehead atoms. The quantitative estimate of drug-likeness (QED) is 0.743. The molecule has 5 nitrogen and oxygen atoms in total. The number of carbonyl (C=O) groups excluding carboxylic acids is 2. The zero-order valence-corrected chi connectivity index (χ0v) is 13.7. The maximum Gasteiger partial charge on any atom is 0.310 e. The van der Waals surface area contributed by atoms with Gasteiger partial charge in [0.2, 0.25) is 0 Å². The first kappa shape index (κ1) is 16.7. The zero-order chi connectivity index (χ0) is 18.1. The van der Waals surface area contributed by atoms with Crippen molar-refractivity contribution in [1.29, 1.82) is 0 Å². The Kier molecular flexibility index (Phi) is 4.27. The highest BCUT2D eigenvalue weighted by Gasteiger charge is 2.22. The molecule has 128 valence electrons. The second-order valence-corrected chi connectivity index (χ2v) is 5.67. The summed E-state index contributed by atoms with van der Waals surface area (Å²) in [5.74, 6) is -1.18. The fraction of sp³-hybridized carbons (Fsp3) is 0.158. The van der Waals surface area contributed by atoms with Crippen LogP contribution in [0.3, 0.4) is 0 Å². The molecule has 0 fully saturated rings. The van der Waals surface area contributed by atoms with Gasteiger partial charge in [0.15, 0.2) is 0 Å². The third-order valence-electron chi connectivity index (χ3n) is 4.16. The van der Waals surface area contributed by atoms with Crippen molar-refractivity contribution in [2.24, 2.45) is 0 Å². The number of esters is 1. The average molecular weight is 341 g/mol. The molecule has 3 rings (SSSR count). The van der Waals surface area contributed by atoms with Crippen molar-refractivity contribution in [3.05, 3.63) is 65.1 Å². The number of hydrogen-bond acceptors (Lipinski definition) is 4. The van der Waals surface area contributed by atoms with Gasteiger partial charge in [0.25, 0.3) is 5.91 Å². The third kappa shape index (κ3) is 2.98. The van der Waals surface area contributed by atoms with E-state index in [9.17, 15) is 19.1 Å². The molecular formula is C19H16FNO4. The lowest BCUT2D eigenvalue weighted by Crippen LogP contribution is -2.14. The van der Waals surface area contributed by atoms with Gasteiger partial charge in [-0.15, -0.1) is 0 Å². The van der Waals surface area contributed by atoms with Crippen LogP contribution in [0.4, 0.5) is 4.39 Å². The molecule has 0 radical (unpaired) electrons. The molecule has 6 heteroatoms. The van der Waals surface area contributed by atoms with E-state index in [2.05, 4.69) is 0 Å². The maximum atomic E-state index is 13.1. The number of ether oxygens (including phenoxy) is 1. The number of fused-ring (bicyclic) bond motifs is 1. The summed E-state index contributed by atoms with van der Waals surface area (Å²) in [6.45, 7) is 1.72. The lowest BCUT2D eigenvalue weighted by atomic mass is 10.1. The summed E-state index contributed by atoms with van der Waals surface area (Å²) in [5, 5.41) is 10.4. The summed E-state index contributed by atoms with van der Waals surface area (Å²) < 4.78 is 19.3. The van der Waals surface area contributed by atoms with E-state index < -0.39 is 11.8 Å². The molecule has 3 aromatic rings. The molecule has 25 heavy (non-hydrogen) atoms. The van der Waals surface area contributed by atoms with Gasteiger partial charge in [0.1, 0.15) is 11.6 Å². The van der Waals surface area contributed by atoms with Gasteiger partial charge in [0, 0.05) is 16.6 Å². The van der Waals surface area contributed by atoms with Crippen LogP contribution < -0.4 is 0 Å². The van der Waals surface area contributed by atoms with E-state index in [1.807, 2.05) is 0 Å². The first-order valence-corrected chi connectivity index (χ1v) is 7.62. The number of hydrogen-bond donors (Lipinski definition) is 1. The van der Waals surface area contributed by atoms with Crippen LogP contribution in [0.15, 0.2) is 42.5 Å². The minimum absolute atomic E-state index is 0.0218. The molecule has 1 N–H and O–H groups in total. The second-order valence-electron chi connectivity index (χ2n) is 5.67. The molecule has 1 aromatic heterocycles. The number of methoxy groups -OCH3 is 1. The Hall–Kier alpha value is -3.15. The van der Waals surface area contributed by atoms with Crippen molar-refractivity contribution in [3.63, 3.8) is 0 Å². The van der Waals surface area contributed by atoms with Crippen LogP contribution in [-0.4, -0.2) is 28.7 Å². The Morgan fingerprint density at radius 2 is 1.84 bits per heavy atom. The van der Waals surface area contributed by atoms with Gasteiger partial charge in [-0.3, -0.25) is 14.2 Å². The molecule has 0 saturated carbocycles. The maximum absolute atomic E-state index is 13.1. The number of carbonyl (C=O) groups is 2. The van der Waals surface area contributed by atoms with Gasteiger partial charge in [-0.05, 0) is 55.0 Å². The van der Waals surface area contributed by atoms with Gasteiger partial charge in [-0.2, -0.15) is 0 Å². The molecule has 0 spiro atoms. The summed E-state index contributed by atoms with van der Waals surface area (Å²) in [5.41, 5.74) is 2.05. The van der Waals surface area contributed by atoms with Gasteiger partial charge in [-0.1, -0.05) is 0 Å². The van der Waals surface area contributed by atoms with E-state index in [0.29, 0.717) is 27.7 Å². The summed E-state index contributed by atoms with van der Waals surface area (Å²) in [6, 6.07) is 9.84. The highest BCUT2D eigenvalue weighted by atomic mass is 19.1. The molecule has 0 amide bonds. The number of aromatic nitrogens is 1. The highest BCUT2D eigenvalue weighted by molar-refractivity contribution is 6.04. The van der Waals surface area contributed by atoms with Crippen LogP contribution in [0, 0.1) is 12.7 Å². The second kappa shape index (κ2) is 6.39. The van der Waals surface area contributed by atoms with E-state index >= 15 is 0 Å². The Morgan fingerprint density at radius 3 is 2.48 bits per heavy atom. The van der Waals surface area contributed by atoms with Gasteiger partial charge < -0.3 is 9.84 Å². The van der Waals surface area contributed by atoms with E-state index in [-0.39, 0.29) is 18.1 Å². The molecule has 0 aliphatic heterocycles. The summed E-state index contributed by atoms with van der Waals surface area (Å²) >= 11 is 0. The topological polar surface area (TPSA) is 68.5 Å². The van der Waals surface area contributed by atoms with Crippen LogP contribution >= 0.6 is 0 Å². The number of phenolic OH excluding ortho intramolecular Hbond substituents is 1. The van der Waals surface area contributed by atoms with Crippen LogP contribution in [0.2, 0.25) is 0 Å². The van der Waals surface area contributed by atoms with Crippen molar-refractivity contribution in [3.8, 4) is 5.75 Å². The molecule has 0 aliphatic carbocycles. The molecule has 2 aromatic carbocycles. The SMILES string of the molecule is COC(=O)Cc1c(C)n(C(=O)c2ccc(F)cc2)c2ccc(O)cc12. The third-order valence-corrected chi connectivity index (χ3v) is 4.16. The predicted molar refractivity (Wildman–Crippen MR) is 90.2 cm³/mol. The molecule has 0 atom stereocenters. The van der Waals surface area contributed by atoms with Crippen molar-refractivity contribution < 1.29 is 23.8 Å². The number of rotatable bonds is 3. The lowest BCUT2D eigenvalue weighted by Gasteiger charge is -2.07. The molecule has 0 saturated heterocycles. The predicted octanol–water partition coefficient (Wildman–Crippen LogP) is 3.20. The van der Waals surface area contributed by atoms with E-state index in [1.54, 1.807) is 13.0 Å². The van der Waals surface area contributed by atoms with Gasteiger partial charge in [0.05, 0.1) is 19.0 Å². The number of benzene rings is 2. The van der Waals surface area contributed by atoms with Gasteiger partial charge >= 0.3 is 5.97 Å². The number of phenols is 1. The van der Waals surface area contributed by atoms with Gasteiger partial charge in [-0.25, -0.2) is 4.39 Å². The van der Waals surface area contributed by atoms with E-state index in [1.165, 1.54) is 48.1 Å². The number of nitrogens with zero attached hydrogens (tertiary/aromatic N) is 1. The molecule has 1 heterocycles. The van der Waals surface area contributed by atoms with Crippen LogP contribution in [0.1, 0.15) is 21.6 Å². The van der Waals surface area contributed by atoms with Crippen molar-refractivity contribution in [2.75, 3.05) is 7.11 Å². The largest absolute Gasteiger partial charge is 0.508 e. The summed E-state index contributed by atoms with van der Waals surface area (Å²) in [7, 11) is 1.29. The molecule has 0 unspecified atom stereocenters. The smallest absolute Gasteiger partial charge is 0.310 e. The van der Waals surface area contributed by atoms with Crippen molar-refractivity contribution in [1.82, 2.24) is 4.57 Å². The van der Waals surface area contributed by atoms with Crippen LogP contribution in [-0.2, 0) is 16.0 Å². The van der Waals surface area contributed by atoms with Crippen molar-refractivity contribution in [2.45, 2.75) is 13.3 Å². The summed E-state index contributed by atoms with van der Waals surface area (Å²) in [4.78, 5) is 24.6. The normalized spacial score (nSPS) is 10.8. The fourth-order valence-electron chi connectivity index (χ4n) is 2.89. The van der Waals surface area contributed by atoms with Crippen molar-refractivity contribution >= 4 is 22.8 Å². The minimum Gasteiger partial charge on any atom is -0.508 e. The van der Waals surface area contributed by atoms with Crippen LogP contribution in [0.25, 0.3) is 10.9 Å². The minimum atomic E-state index is -0.445. The fourth-order valence-corrected chi connectivity index (χ4v) is 2.89. The monoisotopic (exact) mass is 341 g/mol. The first-order chi connectivity index (χ1) is 11.9. The zero-order valence-electron chi connectivity index (χ0n) is 13.7. The molecule has 0 aliphatic rings. The van der Waals surface area contributed by atoms with E-state index in [0.717, 1.165) is 0 Å². The Labute approximate surface area is 143 Å². The Morgan fingerprint density at radius 1 is 1.16 bits per heavy atom. The molecular weight excluding hydrogens is 325 g/mol. The highest BCUT2D eigenvalue weighted by Crippen LogP contribution is 2.30. The summed E-state index contributed by atoms with van der Waals surface area (Å²) in [6.07, 6.45) is -0.0218.